The fourth-order valence-electron chi connectivity index (χ4n) is 3.97. The van der Waals surface area contributed by atoms with E-state index in [1.807, 2.05) is 18.2 Å². The molecule has 32 heavy (non-hydrogen) atoms. The summed E-state index contributed by atoms with van der Waals surface area (Å²) in [6, 6.07) is 12.9. The van der Waals surface area contributed by atoms with Gasteiger partial charge in [0.05, 0.1) is 22.5 Å². The van der Waals surface area contributed by atoms with Crippen molar-refractivity contribution in [2.24, 2.45) is 5.92 Å². The van der Waals surface area contributed by atoms with Crippen LogP contribution in [0.4, 0.5) is 11.4 Å². The highest BCUT2D eigenvalue weighted by Gasteiger charge is 2.26. The minimum absolute atomic E-state index is 0.0927. The van der Waals surface area contributed by atoms with Crippen molar-refractivity contribution >= 4 is 39.3 Å². The van der Waals surface area contributed by atoms with Gasteiger partial charge in [-0.25, -0.2) is 9.19 Å². The number of hydrogen-bond acceptors (Lipinski definition) is 4. The van der Waals surface area contributed by atoms with Crippen LogP contribution in [0.3, 0.4) is 0 Å². The summed E-state index contributed by atoms with van der Waals surface area (Å²) in [5.41, 5.74) is 3.29. The van der Waals surface area contributed by atoms with Crippen LogP contribution in [-0.2, 0) is 32.5 Å². The highest BCUT2D eigenvalue weighted by Crippen LogP contribution is 2.30. The van der Waals surface area contributed by atoms with Gasteiger partial charge in [-0.15, -0.1) is 0 Å². The Hall–Kier alpha value is -2.71. The van der Waals surface area contributed by atoms with Gasteiger partial charge in [0.15, 0.2) is 0 Å². The normalized spacial score (nSPS) is 17.4. The van der Waals surface area contributed by atoms with Crippen molar-refractivity contribution in [2.75, 3.05) is 23.3 Å². The number of rotatable bonds is 6. The smallest absolute Gasteiger partial charge is 0.221 e. The average molecular weight is 455 g/mol. The third-order valence-electron chi connectivity index (χ3n) is 5.48. The monoisotopic (exact) mass is 454 g/mol. The van der Waals surface area contributed by atoms with Crippen LogP contribution < -0.4 is 10.0 Å². The Balaban J connectivity index is 1.57. The van der Waals surface area contributed by atoms with Gasteiger partial charge in [0.1, 0.15) is 16.8 Å². The van der Waals surface area contributed by atoms with E-state index in [1.165, 1.54) is 6.92 Å². The van der Waals surface area contributed by atoms with E-state index >= 15 is 0 Å². The van der Waals surface area contributed by atoms with Gasteiger partial charge in [-0.3, -0.25) is 4.79 Å². The molecular formula is C24H30N4O3S. The van der Waals surface area contributed by atoms with Crippen LogP contribution in [0.15, 0.2) is 47.4 Å². The van der Waals surface area contributed by atoms with Gasteiger partial charge in [-0.1, -0.05) is 20.8 Å². The number of carbonyl (C=O) groups excluding carboxylic acids is 1. The van der Waals surface area contributed by atoms with Crippen LogP contribution in [0.25, 0.3) is 11.0 Å². The highest BCUT2D eigenvalue weighted by atomic mass is 32.2. The van der Waals surface area contributed by atoms with E-state index in [1.54, 1.807) is 24.3 Å². The zero-order valence-electron chi connectivity index (χ0n) is 19.0. The molecule has 2 aromatic carbocycles. The first-order valence-electron chi connectivity index (χ1n) is 10.9. The summed E-state index contributed by atoms with van der Waals surface area (Å²) < 4.78 is 23.8. The highest BCUT2D eigenvalue weighted by molar-refractivity contribution is 7.86. The number of fused-ring (bicyclic) bond motifs is 1. The van der Waals surface area contributed by atoms with Crippen LogP contribution in [0.2, 0.25) is 0 Å². The van der Waals surface area contributed by atoms with Gasteiger partial charge in [-0.05, 0) is 48.9 Å². The molecule has 2 N–H and O–H groups in total. The number of nitrogens with zero attached hydrogens (tertiary/aromatic N) is 2. The van der Waals surface area contributed by atoms with Crippen molar-refractivity contribution in [2.45, 2.75) is 51.0 Å². The van der Waals surface area contributed by atoms with Gasteiger partial charge in [0.2, 0.25) is 5.91 Å². The van der Waals surface area contributed by atoms with Crippen LogP contribution in [0.5, 0.6) is 0 Å². The summed E-state index contributed by atoms with van der Waals surface area (Å²) in [7, 11) is -1.43. The molecule has 8 heteroatoms. The lowest BCUT2D eigenvalue weighted by atomic mass is 9.95. The zero-order chi connectivity index (χ0) is 22.9. The second-order valence-corrected chi connectivity index (χ2v) is 10.5. The number of benzene rings is 2. The maximum Gasteiger partial charge on any atom is 0.221 e. The van der Waals surface area contributed by atoms with E-state index in [0.717, 1.165) is 48.7 Å². The number of hydrogen-bond donors (Lipinski definition) is 2. The Kier molecular flexibility index (Phi) is 6.35. The van der Waals surface area contributed by atoms with E-state index in [4.69, 9.17) is 9.72 Å². The summed E-state index contributed by atoms with van der Waals surface area (Å²) in [6.45, 7) is 10.5. The van der Waals surface area contributed by atoms with Gasteiger partial charge in [-0.2, -0.15) is 0 Å². The van der Waals surface area contributed by atoms with E-state index in [9.17, 15) is 9.00 Å². The summed E-state index contributed by atoms with van der Waals surface area (Å²) in [5, 5.41) is 2.71. The van der Waals surface area contributed by atoms with Crippen molar-refractivity contribution in [1.29, 1.82) is 0 Å². The molecule has 0 aliphatic carbocycles. The molecule has 170 valence electrons. The van der Waals surface area contributed by atoms with Crippen LogP contribution in [0, 0.1) is 5.92 Å². The maximum atomic E-state index is 12.8. The number of amides is 1. The Morgan fingerprint density at radius 3 is 2.53 bits per heavy atom. The van der Waals surface area contributed by atoms with Crippen LogP contribution in [-0.4, -0.2) is 32.9 Å². The van der Waals surface area contributed by atoms with Gasteiger partial charge >= 0.3 is 0 Å². The lowest BCUT2D eigenvalue weighted by Gasteiger charge is -2.21. The molecule has 0 bridgehead atoms. The lowest BCUT2D eigenvalue weighted by Crippen LogP contribution is -2.22. The standard InChI is InChI=1S/C24H30N4O3S/c1-16(29)25-18-5-8-20(9-6-18)32(30)27-19-7-10-22-21(13-19)26-23(24(2,3)4)28(22)14-17-11-12-31-15-17/h5-10,13,17,27H,11-12,14-15H2,1-4H3,(H,25,29). The molecule has 1 fully saturated rings. The number of nitrogens with one attached hydrogen (secondary N) is 2. The molecule has 1 aliphatic rings. The maximum absolute atomic E-state index is 12.8. The molecule has 1 amide bonds. The molecule has 3 aromatic rings. The molecule has 0 saturated carbocycles. The molecule has 1 aliphatic heterocycles. The second kappa shape index (κ2) is 9.03. The van der Waals surface area contributed by atoms with E-state index in [-0.39, 0.29) is 11.3 Å². The minimum Gasteiger partial charge on any atom is -0.381 e. The molecule has 2 atom stereocenters. The Labute approximate surface area is 191 Å². The molecule has 1 aromatic heterocycles. The molecule has 7 nitrogen and oxygen atoms in total. The van der Waals surface area contributed by atoms with Gasteiger partial charge in [0.25, 0.3) is 0 Å². The van der Waals surface area contributed by atoms with Crippen molar-refractivity contribution in [3.8, 4) is 0 Å². The quantitative estimate of drug-likeness (QED) is 0.576. The predicted molar refractivity (Wildman–Crippen MR) is 128 cm³/mol. The third-order valence-corrected chi connectivity index (χ3v) is 6.60. The van der Waals surface area contributed by atoms with Crippen LogP contribution in [0.1, 0.15) is 39.9 Å². The first-order chi connectivity index (χ1) is 15.2. The van der Waals surface area contributed by atoms with Gasteiger partial charge < -0.3 is 19.3 Å². The molecule has 2 unspecified atom stereocenters. The number of imidazole rings is 1. The van der Waals surface area contributed by atoms with E-state index in [0.29, 0.717) is 16.5 Å². The minimum atomic E-state index is -1.43. The number of carbonyl (C=O) groups is 1. The summed E-state index contributed by atoms with van der Waals surface area (Å²) >= 11 is 0. The number of anilines is 2. The molecule has 1 saturated heterocycles. The van der Waals surface area contributed by atoms with Crippen molar-refractivity contribution < 1.29 is 13.7 Å². The van der Waals surface area contributed by atoms with E-state index in [2.05, 4.69) is 35.4 Å². The third kappa shape index (κ3) is 5.02. The molecule has 0 radical (unpaired) electrons. The zero-order valence-corrected chi connectivity index (χ0v) is 19.8. The van der Waals surface area contributed by atoms with Gasteiger partial charge in [0, 0.05) is 42.8 Å². The molecule has 0 spiro atoms. The van der Waals surface area contributed by atoms with Crippen molar-refractivity contribution in [3.05, 3.63) is 48.3 Å². The fourth-order valence-corrected chi connectivity index (χ4v) is 4.81. The number of aromatic nitrogens is 2. The average Bonchev–Trinajstić information content (AvgIpc) is 3.36. The van der Waals surface area contributed by atoms with Crippen molar-refractivity contribution in [1.82, 2.24) is 9.55 Å². The van der Waals surface area contributed by atoms with E-state index < -0.39 is 11.0 Å². The Morgan fingerprint density at radius 2 is 1.91 bits per heavy atom. The Bertz CT molecular complexity index is 1140. The predicted octanol–water partition coefficient (Wildman–Crippen LogP) is 4.46. The summed E-state index contributed by atoms with van der Waals surface area (Å²) in [4.78, 5) is 16.7. The SMILES string of the molecule is CC(=O)Nc1ccc(S(=O)Nc2ccc3c(c2)nc(C(C)(C)C)n3CC2CCOC2)cc1. The summed E-state index contributed by atoms with van der Waals surface area (Å²) in [5.74, 6) is 1.41. The van der Waals surface area contributed by atoms with Crippen molar-refractivity contribution in [3.63, 3.8) is 0 Å². The fraction of sp³-hybridized carbons (Fsp3) is 0.417. The topological polar surface area (TPSA) is 85.3 Å². The first-order valence-corrected chi connectivity index (χ1v) is 12.0. The number of ether oxygens (including phenoxy) is 1. The Morgan fingerprint density at radius 1 is 1.19 bits per heavy atom. The largest absolute Gasteiger partial charge is 0.381 e. The summed E-state index contributed by atoms with van der Waals surface area (Å²) in [6.07, 6.45) is 1.07. The second-order valence-electron chi connectivity index (χ2n) is 9.31. The first kappa shape index (κ1) is 22.5. The molecule has 2 heterocycles. The lowest BCUT2D eigenvalue weighted by molar-refractivity contribution is -0.114. The molecular weight excluding hydrogens is 424 g/mol. The molecule has 4 rings (SSSR count). The van der Waals surface area contributed by atoms with Crippen LogP contribution >= 0.6 is 0 Å².